The summed E-state index contributed by atoms with van der Waals surface area (Å²) in [4.78, 5) is 2.48. The minimum Gasteiger partial charge on any atom is -0.365 e. The Kier molecular flexibility index (Phi) is 1.92. The van der Waals surface area contributed by atoms with E-state index in [0.29, 0.717) is 6.04 Å². The molecule has 3 heteroatoms. The van der Waals surface area contributed by atoms with Crippen molar-refractivity contribution in [2.75, 3.05) is 19.6 Å². The van der Waals surface area contributed by atoms with Crippen LogP contribution < -0.4 is 5.32 Å². The molecule has 2 heterocycles. The van der Waals surface area contributed by atoms with Crippen LogP contribution in [0, 0.1) is 0 Å². The predicted molar refractivity (Wildman–Crippen MR) is 58.1 cm³/mol. The molecule has 14 heavy (non-hydrogen) atoms. The van der Waals surface area contributed by atoms with Crippen LogP contribution in [0.1, 0.15) is 6.42 Å². The first-order valence-corrected chi connectivity index (χ1v) is 5.46. The van der Waals surface area contributed by atoms with E-state index in [-0.39, 0.29) is 0 Å². The van der Waals surface area contributed by atoms with Gasteiger partial charge in [0.05, 0.1) is 6.04 Å². The summed E-state index contributed by atoms with van der Waals surface area (Å²) in [6.45, 7) is 3.20. The van der Waals surface area contributed by atoms with E-state index in [2.05, 4.69) is 22.4 Å². The Hall–Kier alpha value is -0.730. The molecule has 2 nitrogen and oxygen atoms in total. The molecule has 1 saturated heterocycles. The third-order valence-electron chi connectivity index (χ3n) is 3.14. The van der Waals surface area contributed by atoms with Gasteiger partial charge in [0, 0.05) is 36.8 Å². The van der Waals surface area contributed by atoms with E-state index in [1.54, 1.807) is 0 Å². The molecule has 1 fully saturated rings. The maximum Gasteiger partial charge on any atom is 0.0590 e. The van der Waals surface area contributed by atoms with Crippen molar-refractivity contribution in [2.45, 2.75) is 12.5 Å². The van der Waals surface area contributed by atoms with Crippen LogP contribution in [0.3, 0.4) is 0 Å². The molecule has 0 aromatic rings. The summed E-state index contributed by atoms with van der Waals surface area (Å²) < 4.78 is 0. The molecule has 3 rings (SSSR count). The van der Waals surface area contributed by atoms with Crippen molar-refractivity contribution in [2.24, 2.45) is 0 Å². The van der Waals surface area contributed by atoms with Crippen molar-refractivity contribution < 1.29 is 0 Å². The molecule has 0 bridgehead atoms. The maximum absolute atomic E-state index is 6.07. The standard InChI is InChI=1S/C11H13ClN2/c12-9-2-1-8-5-10-7-13-3-4-14(10)11(8)6-9/h1-2,5,11,13H,3-4,6-7H2. The molecule has 2 aliphatic heterocycles. The zero-order valence-corrected chi connectivity index (χ0v) is 8.72. The van der Waals surface area contributed by atoms with E-state index in [0.717, 1.165) is 31.1 Å². The smallest absolute Gasteiger partial charge is 0.0590 e. The molecule has 0 saturated carbocycles. The first kappa shape index (κ1) is 8.57. The van der Waals surface area contributed by atoms with E-state index in [1.807, 2.05) is 6.08 Å². The summed E-state index contributed by atoms with van der Waals surface area (Å²) in [7, 11) is 0. The van der Waals surface area contributed by atoms with Crippen LogP contribution in [0.4, 0.5) is 0 Å². The minimum absolute atomic E-state index is 0.518. The SMILES string of the molecule is ClC1=CC=C2C=C3CNCCN3C2C1. The summed E-state index contributed by atoms with van der Waals surface area (Å²) in [6, 6.07) is 0.518. The number of allylic oxidation sites excluding steroid dienone is 2. The number of nitrogens with zero attached hydrogens (tertiary/aromatic N) is 1. The van der Waals surface area contributed by atoms with Crippen LogP contribution in [0.5, 0.6) is 0 Å². The predicted octanol–water partition coefficient (Wildman–Crippen LogP) is 1.61. The third kappa shape index (κ3) is 1.22. The number of halogens is 1. The van der Waals surface area contributed by atoms with Gasteiger partial charge < -0.3 is 10.2 Å². The normalized spacial score (nSPS) is 30.2. The Morgan fingerprint density at radius 2 is 2.36 bits per heavy atom. The Morgan fingerprint density at radius 1 is 1.43 bits per heavy atom. The number of fused-ring (bicyclic) bond motifs is 3. The highest BCUT2D eigenvalue weighted by Gasteiger charge is 2.32. The quantitative estimate of drug-likeness (QED) is 0.651. The first-order chi connectivity index (χ1) is 6.84. The molecule has 3 aliphatic rings. The summed E-state index contributed by atoms with van der Waals surface area (Å²) in [5.41, 5.74) is 2.85. The maximum atomic E-state index is 6.07. The molecule has 0 aromatic heterocycles. The molecule has 74 valence electrons. The topological polar surface area (TPSA) is 15.3 Å². The van der Waals surface area contributed by atoms with Gasteiger partial charge in [-0.05, 0) is 17.7 Å². The fraction of sp³-hybridized carbons (Fsp3) is 0.455. The molecule has 0 amide bonds. The van der Waals surface area contributed by atoms with Crippen LogP contribution in [0.15, 0.2) is 34.5 Å². The largest absolute Gasteiger partial charge is 0.365 e. The Bertz CT molecular complexity index is 354. The van der Waals surface area contributed by atoms with Crippen LogP contribution in [0.2, 0.25) is 0 Å². The Morgan fingerprint density at radius 3 is 3.29 bits per heavy atom. The minimum atomic E-state index is 0.518. The zero-order valence-electron chi connectivity index (χ0n) is 7.96. The number of hydrogen-bond donors (Lipinski definition) is 1. The van der Waals surface area contributed by atoms with Gasteiger partial charge in [-0.2, -0.15) is 0 Å². The van der Waals surface area contributed by atoms with Crippen molar-refractivity contribution in [3.8, 4) is 0 Å². The second-order valence-electron chi connectivity index (χ2n) is 4.01. The molecule has 0 spiro atoms. The molecular weight excluding hydrogens is 196 g/mol. The van der Waals surface area contributed by atoms with E-state index < -0.39 is 0 Å². The monoisotopic (exact) mass is 208 g/mol. The molecule has 0 radical (unpaired) electrons. The van der Waals surface area contributed by atoms with Gasteiger partial charge in [-0.3, -0.25) is 0 Å². The van der Waals surface area contributed by atoms with Gasteiger partial charge in [0.1, 0.15) is 0 Å². The number of nitrogens with one attached hydrogen (secondary N) is 1. The van der Waals surface area contributed by atoms with Crippen LogP contribution in [0.25, 0.3) is 0 Å². The second kappa shape index (κ2) is 3.14. The molecule has 0 aromatic carbocycles. The van der Waals surface area contributed by atoms with Crippen LogP contribution >= 0.6 is 11.6 Å². The lowest BCUT2D eigenvalue weighted by molar-refractivity contribution is 0.268. The van der Waals surface area contributed by atoms with Crippen LogP contribution in [-0.4, -0.2) is 30.6 Å². The fourth-order valence-electron chi connectivity index (χ4n) is 2.45. The van der Waals surface area contributed by atoms with Gasteiger partial charge in [-0.15, -0.1) is 0 Å². The molecule has 1 aliphatic carbocycles. The van der Waals surface area contributed by atoms with Gasteiger partial charge in [0.25, 0.3) is 0 Å². The van der Waals surface area contributed by atoms with E-state index in [1.165, 1.54) is 11.3 Å². The highest BCUT2D eigenvalue weighted by Crippen LogP contribution is 2.35. The number of rotatable bonds is 0. The van der Waals surface area contributed by atoms with Crippen molar-refractivity contribution in [1.29, 1.82) is 0 Å². The summed E-state index contributed by atoms with van der Waals surface area (Å²) in [5.74, 6) is 0. The van der Waals surface area contributed by atoms with E-state index in [4.69, 9.17) is 11.6 Å². The average molecular weight is 209 g/mol. The molecular formula is C11H13ClN2. The second-order valence-corrected chi connectivity index (χ2v) is 4.49. The van der Waals surface area contributed by atoms with Gasteiger partial charge >= 0.3 is 0 Å². The summed E-state index contributed by atoms with van der Waals surface area (Å²) in [6.07, 6.45) is 7.46. The third-order valence-corrected chi connectivity index (χ3v) is 3.42. The highest BCUT2D eigenvalue weighted by molar-refractivity contribution is 6.29. The number of piperazine rings is 1. The van der Waals surface area contributed by atoms with Gasteiger partial charge in [0.2, 0.25) is 0 Å². The zero-order chi connectivity index (χ0) is 9.54. The van der Waals surface area contributed by atoms with Crippen molar-refractivity contribution >= 4 is 11.6 Å². The van der Waals surface area contributed by atoms with Gasteiger partial charge in [-0.1, -0.05) is 17.7 Å². The Labute approximate surface area is 88.9 Å². The first-order valence-electron chi connectivity index (χ1n) is 5.09. The van der Waals surface area contributed by atoms with E-state index in [9.17, 15) is 0 Å². The molecule has 1 N–H and O–H groups in total. The number of hydrogen-bond acceptors (Lipinski definition) is 2. The highest BCUT2D eigenvalue weighted by atomic mass is 35.5. The lowest BCUT2D eigenvalue weighted by atomic mass is 10.0. The van der Waals surface area contributed by atoms with Gasteiger partial charge in [-0.25, -0.2) is 0 Å². The van der Waals surface area contributed by atoms with E-state index >= 15 is 0 Å². The lowest BCUT2D eigenvalue weighted by Gasteiger charge is -2.34. The van der Waals surface area contributed by atoms with Crippen molar-refractivity contribution in [3.63, 3.8) is 0 Å². The summed E-state index contributed by atoms with van der Waals surface area (Å²) >= 11 is 6.07. The van der Waals surface area contributed by atoms with Crippen LogP contribution in [-0.2, 0) is 0 Å². The van der Waals surface area contributed by atoms with Gasteiger partial charge in [0.15, 0.2) is 0 Å². The molecule has 1 unspecified atom stereocenters. The fourth-order valence-corrected chi connectivity index (χ4v) is 2.66. The van der Waals surface area contributed by atoms with Crippen molar-refractivity contribution in [1.82, 2.24) is 10.2 Å². The molecule has 1 atom stereocenters. The summed E-state index contributed by atoms with van der Waals surface area (Å²) in [5, 5.41) is 4.37. The Balaban J connectivity index is 1.94. The van der Waals surface area contributed by atoms with Crippen molar-refractivity contribution in [3.05, 3.63) is 34.5 Å². The lowest BCUT2D eigenvalue weighted by Crippen LogP contribution is -2.44. The average Bonchev–Trinajstić information content (AvgIpc) is 2.56.